The quantitative estimate of drug-likeness (QED) is 0.783. The van der Waals surface area contributed by atoms with Crippen molar-refractivity contribution in [3.63, 3.8) is 0 Å². The van der Waals surface area contributed by atoms with E-state index in [0.717, 1.165) is 0 Å². The lowest BCUT2D eigenvalue weighted by Gasteiger charge is -2.22. The number of carbonyl (C=O) groups excluding carboxylic acids is 2. The highest BCUT2D eigenvalue weighted by atomic mass is 16.5. The number of pyridine rings is 1. The highest BCUT2D eigenvalue weighted by molar-refractivity contribution is 5.95. The summed E-state index contributed by atoms with van der Waals surface area (Å²) >= 11 is 0. The number of esters is 1. The first-order valence-corrected chi connectivity index (χ1v) is 6.85. The van der Waals surface area contributed by atoms with Crippen molar-refractivity contribution in [3.05, 3.63) is 17.8 Å². The van der Waals surface area contributed by atoms with Gasteiger partial charge in [-0.25, -0.2) is 9.78 Å². The lowest BCUT2D eigenvalue weighted by atomic mass is 9.89. The molecule has 2 heterocycles. The van der Waals surface area contributed by atoms with Crippen LogP contribution in [-0.2, 0) is 9.53 Å². The van der Waals surface area contributed by atoms with Gasteiger partial charge < -0.3 is 21.1 Å². The van der Waals surface area contributed by atoms with E-state index in [4.69, 9.17) is 16.2 Å². The number of nitrogens with two attached hydrogens (primary N) is 2. The third-order valence-electron chi connectivity index (χ3n) is 3.81. The maximum atomic E-state index is 11.8. The summed E-state index contributed by atoms with van der Waals surface area (Å²) in [5, 5.41) is 0. The number of rotatable bonds is 4. The molecule has 1 aromatic rings. The van der Waals surface area contributed by atoms with Crippen LogP contribution in [0.2, 0.25) is 0 Å². The first-order valence-electron chi connectivity index (χ1n) is 6.85. The Morgan fingerprint density at radius 3 is 2.81 bits per heavy atom. The Morgan fingerprint density at radius 1 is 1.52 bits per heavy atom. The number of carbonyl (C=O) groups is 2. The van der Waals surface area contributed by atoms with Crippen LogP contribution in [0.15, 0.2) is 12.3 Å². The molecule has 1 fully saturated rings. The second-order valence-electron chi connectivity index (χ2n) is 5.45. The Morgan fingerprint density at radius 2 is 2.24 bits per heavy atom. The number of aromatic nitrogens is 1. The SMILES string of the molecule is CCOC(=O)c1cc(N2CCC(C)(C(N)=O)C2)ncc1N. The predicted molar refractivity (Wildman–Crippen MR) is 78.7 cm³/mol. The Hall–Kier alpha value is -2.31. The molecule has 21 heavy (non-hydrogen) atoms. The number of amides is 1. The van der Waals surface area contributed by atoms with Gasteiger partial charge in [0.15, 0.2) is 0 Å². The Kier molecular flexibility index (Phi) is 4.02. The fourth-order valence-corrected chi connectivity index (χ4v) is 2.37. The monoisotopic (exact) mass is 292 g/mol. The molecule has 0 aliphatic carbocycles. The lowest BCUT2D eigenvalue weighted by Crippen LogP contribution is -2.37. The van der Waals surface area contributed by atoms with E-state index in [1.165, 1.54) is 6.20 Å². The molecule has 0 saturated carbocycles. The molecule has 2 rings (SSSR count). The van der Waals surface area contributed by atoms with Crippen LogP contribution in [0.1, 0.15) is 30.6 Å². The van der Waals surface area contributed by atoms with Gasteiger partial charge in [0, 0.05) is 13.1 Å². The fraction of sp³-hybridized carbons (Fsp3) is 0.500. The summed E-state index contributed by atoms with van der Waals surface area (Å²) in [6, 6.07) is 1.60. The van der Waals surface area contributed by atoms with Crippen LogP contribution in [0, 0.1) is 5.41 Å². The van der Waals surface area contributed by atoms with Gasteiger partial charge in [0.1, 0.15) is 5.82 Å². The van der Waals surface area contributed by atoms with Crippen molar-refractivity contribution in [3.8, 4) is 0 Å². The van der Waals surface area contributed by atoms with Gasteiger partial charge in [0.25, 0.3) is 0 Å². The van der Waals surface area contributed by atoms with Crippen molar-refractivity contribution in [2.45, 2.75) is 20.3 Å². The van der Waals surface area contributed by atoms with Gasteiger partial charge in [-0.15, -0.1) is 0 Å². The summed E-state index contributed by atoms with van der Waals surface area (Å²) < 4.78 is 4.97. The van der Waals surface area contributed by atoms with Gasteiger partial charge in [-0.1, -0.05) is 0 Å². The zero-order chi connectivity index (χ0) is 15.6. The largest absolute Gasteiger partial charge is 0.462 e. The van der Waals surface area contributed by atoms with E-state index in [-0.39, 0.29) is 23.8 Å². The highest BCUT2D eigenvalue weighted by Crippen LogP contribution is 2.32. The van der Waals surface area contributed by atoms with Gasteiger partial charge in [0.05, 0.1) is 29.5 Å². The molecule has 1 saturated heterocycles. The molecule has 1 aromatic heterocycles. The Balaban J connectivity index is 2.24. The van der Waals surface area contributed by atoms with Gasteiger partial charge in [0.2, 0.25) is 5.91 Å². The third kappa shape index (κ3) is 2.91. The molecular formula is C14H20N4O3. The molecule has 0 spiro atoms. The molecular weight excluding hydrogens is 272 g/mol. The second kappa shape index (κ2) is 5.59. The summed E-state index contributed by atoms with van der Waals surface area (Å²) in [6.07, 6.45) is 2.09. The molecule has 4 N–H and O–H groups in total. The van der Waals surface area contributed by atoms with Crippen molar-refractivity contribution in [2.75, 3.05) is 30.3 Å². The van der Waals surface area contributed by atoms with E-state index in [1.807, 2.05) is 11.8 Å². The Labute approximate surface area is 123 Å². The lowest BCUT2D eigenvalue weighted by molar-refractivity contribution is -0.125. The molecule has 7 heteroatoms. The number of nitrogen functional groups attached to an aromatic ring is 1. The van der Waals surface area contributed by atoms with Crippen LogP contribution >= 0.6 is 0 Å². The summed E-state index contributed by atoms with van der Waals surface area (Å²) in [7, 11) is 0. The average Bonchev–Trinajstić information content (AvgIpc) is 2.83. The van der Waals surface area contributed by atoms with Gasteiger partial charge in [-0.2, -0.15) is 0 Å². The van der Waals surface area contributed by atoms with Crippen molar-refractivity contribution in [1.29, 1.82) is 0 Å². The summed E-state index contributed by atoms with van der Waals surface area (Å²) in [6.45, 7) is 4.97. The summed E-state index contributed by atoms with van der Waals surface area (Å²) in [5.41, 5.74) is 11.2. The van der Waals surface area contributed by atoms with E-state index in [1.54, 1.807) is 13.0 Å². The molecule has 1 atom stereocenters. The number of nitrogens with zero attached hydrogens (tertiary/aromatic N) is 2. The maximum Gasteiger partial charge on any atom is 0.340 e. The number of anilines is 2. The minimum atomic E-state index is -0.576. The molecule has 1 aliphatic rings. The van der Waals surface area contributed by atoms with Crippen LogP contribution in [0.5, 0.6) is 0 Å². The molecule has 0 bridgehead atoms. The normalized spacial score (nSPS) is 21.3. The smallest absolute Gasteiger partial charge is 0.340 e. The molecule has 7 nitrogen and oxygen atoms in total. The van der Waals surface area contributed by atoms with Crippen molar-refractivity contribution in [1.82, 2.24) is 4.98 Å². The van der Waals surface area contributed by atoms with Gasteiger partial charge in [-0.3, -0.25) is 4.79 Å². The minimum Gasteiger partial charge on any atom is -0.462 e. The fourth-order valence-electron chi connectivity index (χ4n) is 2.37. The van der Waals surface area contributed by atoms with Crippen molar-refractivity contribution < 1.29 is 14.3 Å². The van der Waals surface area contributed by atoms with Crippen LogP contribution in [0.4, 0.5) is 11.5 Å². The number of primary amides is 1. The molecule has 1 amide bonds. The van der Waals surface area contributed by atoms with Gasteiger partial charge in [-0.05, 0) is 26.3 Å². The first-order chi connectivity index (χ1) is 9.87. The second-order valence-corrected chi connectivity index (χ2v) is 5.45. The summed E-state index contributed by atoms with van der Waals surface area (Å²) in [4.78, 5) is 29.5. The van der Waals surface area contributed by atoms with E-state index < -0.39 is 11.4 Å². The van der Waals surface area contributed by atoms with E-state index >= 15 is 0 Å². The number of ether oxygens (including phenoxy) is 1. The van der Waals surface area contributed by atoms with Crippen LogP contribution in [0.25, 0.3) is 0 Å². The van der Waals surface area contributed by atoms with Crippen LogP contribution < -0.4 is 16.4 Å². The minimum absolute atomic E-state index is 0.272. The standard InChI is InChI=1S/C14H20N4O3/c1-3-21-12(19)9-6-11(17-7-10(9)15)18-5-4-14(2,8-18)13(16)20/h6-7H,3-5,8,15H2,1-2H3,(H2,16,20). The Bertz CT molecular complexity index is 575. The third-order valence-corrected chi connectivity index (χ3v) is 3.81. The first kappa shape index (κ1) is 15.1. The average molecular weight is 292 g/mol. The van der Waals surface area contributed by atoms with Crippen molar-refractivity contribution in [2.24, 2.45) is 11.1 Å². The van der Waals surface area contributed by atoms with E-state index in [9.17, 15) is 9.59 Å². The molecule has 1 aliphatic heterocycles. The van der Waals surface area contributed by atoms with Gasteiger partial charge >= 0.3 is 5.97 Å². The van der Waals surface area contributed by atoms with E-state index in [2.05, 4.69) is 4.98 Å². The highest BCUT2D eigenvalue weighted by Gasteiger charge is 2.39. The van der Waals surface area contributed by atoms with Crippen LogP contribution in [-0.4, -0.2) is 36.6 Å². The number of hydrogen-bond donors (Lipinski definition) is 2. The zero-order valence-corrected chi connectivity index (χ0v) is 12.3. The summed E-state index contributed by atoms with van der Waals surface area (Å²) in [5.74, 6) is -0.209. The molecule has 1 unspecified atom stereocenters. The van der Waals surface area contributed by atoms with Crippen molar-refractivity contribution >= 4 is 23.4 Å². The maximum absolute atomic E-state index is 11.8. The predicted octanol–water partition coefficient (Wildman–Crippen LogP) is 0.542. The van der Waals surface area contributed by atoms with Crippen LogP contribution in [0.3, 0.4) is 0 Å². The van der Waals surface area contributed by atoms with E-state index in [0.29, 0.717) is 25.3 Å². The topological polar surface area (TPSA) is 112 Å². The molecule has 0 radical (unpaired) electrons. The zero-order valence-electron chi connectivity index (χ0n) is 12.3. The number of hydrogen-bond acceptors (Lipinski definition) is 6. The molecule has 114 valence electrons. The molecule has 0 aromatic carbocycles.